The van der Waals surface area contributed by atoms with Crippen molar-refractivity contribution in [1.29, 1.82) is 0 Å². The molecule has 2 heteroatoms. The first kappa shape index (κ1) is 20.3. The minimum atomic E-state index is 1.17. The zero-order valence-corrected chi connectivity index (χ0v) is 16.2. The van der Waals surface area contributed by atoms with Crippen LogP contribution in [0.5, 0.6) is 0 Å². The van der Waals surface area contributed by atoms with Crippen molar-refractivity contribution in [1.82, 2.24) is 4.57 Å². The standard InChI is InChI=1S/C21H41N2/c1-4-7-9-10-11-12-13-14-16-21-22(17-6-3)19-20-23(21)18-15-8-5-2/h19-20H,4-18H2,1-3H3/q+1. The molecule has 0 unspecified atom stereocenters. The van der Waals surface area contributed by atoms with Crippen LogP contribution < -0.4 is 4.57 Å². The van der Waals surface area contributed by atoms with E-state index in [2.05, 4.69) is 42.3 Å². The molecule has 134 valence electrons. The zero-order valence-electron chi connectivity index (χ0n) is 16.2. The van der Waals surface area contributed by atoms with Crippen molar-refractivity contribution >= 4 is 0 Å². The lowest BCUT2D eigenvalue weighted by Gasteiger charge is -2.05. The van der Waals surface area contributed by atoms with Crippen LogP contribution in [0.2, 0.25) is 0 Å². The molecule has 0 aromatic carbocycles. The highest BCUT2D eigenvalue weighted by Crippen LogP contribution is 2.11. The highest BCUT2D eigenvalue weighted by Gasteiger charge is 2.15. The van der Waals surface area contributed by atoms with E-state index in [0.717, 1.165) is 0 Å². The zero-order chi connectivity index (χ0) is 16.8. The third-order valence-corrected chi connectivity index (χ3v) is 4.81. The van der Waals surface area contributed by atoms with Gasteiger partial charge in [-0.05, 0) is 25.7 Å². The molecule has 0 spiro atoms. The van der Waals surface area contributed by atoms with Crippen molar-refractivity contribution in [2.45, 2.75) is 117 Å². The predicted octanol–water partition coefficient (Wildman–Crippen LogP) is 6.06. The number of nitrogens with zero attached hydrogens (tertiary/aromatic N) is 2. The maximum Gasteiger partial charge on any atom is 0.256 e. The molecule has 0 atom stereocenters. The molecule has 1 aromatic rings. The summed E-state index contributed by atoms with van der Waals surface area (Å²) in [7, 11) is 0. The molecule has 1 rings (SSSR count). The van der Waals surface area contributed by atoms with Crippen LogP contribution >= 0.6 is 0 Å². The van der Waals surface area contributed by atoms with E-state index in [1.54, 1.807) is 5.82 Å². The Morgan fingerprint density at radius 2 is 1.35 bits per heavy atom. The largest absolute Gasteiger partial charge is 0.256 e. The number of unbranched alkanes of at least 4 members (excludes halogenated alkanes) is 9. The molecule has 1 aromatic heterocycles. The molecule has 0 bridgehead atoms. The van der Waals surface area contributed by atoms with E-state index in [9.17, 15) is 0 Å². The van der Waals surface area contributed by atoms with Crippen molar-refractivity contribution in [2.75, 3.05) is 0 Å². The molecule has 0 fully saturated rings. The fourth-order valence-corrected chi connectivity index (χ4v) is 3.38. The summed E-state index contributed by atoms with van der Waals surface area (Å²) < 4.78 is 5.01. The van der Waals surface area contributed by atoms with Gasteiger partial charge in [0.05, 0.1) is 13.1 Å². The maximum absolute atomic E-state index is 2.52. The summed E-state index contributed by atoms with van der Waals surface area (Å²) in [6.07, 6.45) is 22.4. The van der Waals surface area contributed by atoms with E-state index in [1.807, 2.05) is 0 Å². The summed E-state index contributed by atoms with van der Waals surface area (Å²) in [5.74, 6) is 1.56. The molecule has 0 saturated heterocycles. The van der Waals surface area contributed by atoms with Gasteiger partial charge in [0.15, 0.2) is 0 Å². The van der Waals surface area contributed by atoms with Gasteiger partial charge in [-0.25, -0.2) is 9.13 Å². The molecular weight excluding hydrogens is 280 g/mol. The molecule has 0 aliphatic heterocycles. The number of imidazole rings is 1. The number of rotatable bonds is 15. The molecule has 2 nitrogen and oxygen atoms in total. The second-order valence-electron chi connectivity index (χ2n) is 7.03. The lowest BCUT2D eigenvalue weighted by molar-refractivity contribution is -0.703. The highest BCUT2D eigenvalue weighted by atomic mass is 15.1. The van der Waals surface area contributed by atoms with Crippen molar-refractivity contribution < 1.29 is 4.57 Å². The molecule has 23 heavy (non-hydrogen) atoms. The van der Waals surface area contributed by atoms with E-state index in [-0.39, 0.29) is 0 Å². The Bertz CT molecular complexity index is 381. The van der Waals surface area contributed by atoms with Crippen LogP contribution in [0.4, 0.5) is 0 Å². The molecule has 0 aliphatic carbocycles. The normalized spacial score (nSPS) is 11.3. The average Bonchev–Trinajstić information content (AvgIpc) is 2.93. The van der Waals surface area contributed by atoms with E-state index >= 15 is 0 Å². The van der Waals surface area contributed by atoms with Gasteiger partial charge in [-0.3, -0.25) is 0 Å². The molecule has 0 N–H and O–H groups in total. The van der Waals surface area contributed by atoms with E-state index in [4.69, 9.17) is 0 Å². The average molecular weight is 322 g/mol. The van der Waals surface area contributed by atoms with Gasteiger partial charge in [-0.1, -0.05) is 72.1 Å². The number of hydrogen-bond donors (Lipinski definition) is 0. The van der Waals surface area contributed by atoms with Gasteiger partial charge in [0, 0.05) is 6.42 Å². The first-order valence-corrected chi connectivity index (χ1v) is 10.4. The molecule has 0 amide bonds. The minimum absolute atomic E-state index is 1.17. The van der Waals surface area contributed by atoms with Crippen LogP contribution in [0, 0.1) is 0 Å². The molecule has 0 aliphatic rings. The number of aromatic nitrogens is 2. The summed E-state index contributed by atoms with van der Waals surface area (Å²) >= 11 is 0. The monoisotopic (exact) mass is 321 g/mol. The van der Waals surface area contributed by atoms with Crippen LogP contribution in [-0.4, -0.2) is 4.57 Å². The second kappa shape index (κ2) is 13.6. The van der Waals surface area contributed by atoms with E-state index in [0.29, 0.717) is 0 Å². The Morgan fingerprint density at radius 3 is 2.00 bits per heavy atom. The minimum Gasteiger partial charge on any atom is -0.234 e. The van der Waals surface area contributed by atoms with Crippen LogP contribution in [0.1, 0.15) is 104 Å². The van der Waals surface area contributed by atoms with Gasteiger partial charge in [0.1, 0.15) is 12.4 Å². The van der Waals surface area contributed by atoms with E-state index in [1.165, 1.54) is 96.6 Å². The number of aryl methyl sites for hydroxylation is 2. The summed E-state index contributed by atoms with van der Waals surface area (Å²) in [6.45, 7) is 9.24. The Hall–Kier alpha value is -0.790. The van der Waals surface area contributed by atoms with Gasteiger partial charge < -0.3 is 0 Å². The summed E-state index contributed by atoms with van der Waals surface area (Å²) in [5.41, 5.74) is 0. The third-order valence-electron chi connectivity index (χ3n) is 4.81. The van der Waals surface area contributed by atoms with Crippen LogP contribution in [0.15, 0.2) is 12.4 Å². The van der Waals surface area contributed by atoms with Gasteiger partial charge in [0.2, 0.25) is 0 Å². The van der Waals surface area contributed by atoms with Crippen LogP contribution in [0.3, 0.4) is 0 Å². The molecular formula is C21H41N2+. The number of hydrogen-bond acceptors (Lipinski definition) is 0. The maximum atomic E-state index is 2.52. The predicted molar refractivity (Wildman–Crippen MR) is 101 cm³/mol. The quantitative estimate of drug-likeness (QED) is 0.274. The van der Waals surface area contributed by atoms with Gasteiger partial charge in [-0.2, -0.15) is 0 Å². The fourth-order valence-electron chi connectivity index (χ4n) is 3.38. The second-order valence-corrected chi connectivity index (χ2v) is 7.03. The Labute approximate surface area is 145 Å². The molecule has 1 heterocycles. The lowest BCUT2D eigenvalue weighted by atomic mass is 10.1. The van der Waals surface area contributed by atoms with Crippen molar-refractivity contribution in [3.8, 4) is 0 Å². The summed E-state index contributed by atoms with van der Waals surface area (Å²) in [6, 6.07) is 0. The van der Waals surface area contributed by atoms with Crippen LogP contribution in [-0.2, 0) is 19.5 Å². The smallest absolute Gasteiger partial charge is 0.234 e. The topological polar surface area (TPSA) is 8.81 Å². The molecule has 0 radical (unpaired) electrons. The van der Waals surface area contributed by atoms with Crippen molar-refractivity contribution in [3.05, 3.63) is 18.2 Å². The lowest BCUT2D eigenvalue weighted by Crippen LogP contribution is -2.37. The van der Waals surface area contributed by atoms with Crippen molar-refractivity contribution in [2.24, 2.45) is 0 Å². The first-order chi connectivity index (χ1) is 11.3. The Kier molecular flexibility index (Phi) is 12.0. The third kappa shape index (κ3) is 8.58. The Morgan fingerprint density at radius 1 is 0.739 bits per heavy atom. The van der Waals surface area contributed by atoms with Gasteiger partial charge in [-0.15, -0.1) is 0 Å². The van der Waals surface area contributed by atoms with Crippen molar-refractivity contribution in [3.63, 3.8) is 0 Å². The van der Waals surface area contributed by atoms with Gasteiger partial charge >= 0.3 is 0 Å². The summed E-state index contributed by atoms with van der Waals surface area (Å²) in [5, 5.41) is 0. The Balaban J connectivity index is 2.32. The summed E-state index contributed by atoms with van der Waals surface area (Å²) in [4.78, 5) is 0. The van der Waals surface area contributed by atoms with Gasteiger partial charge in [0.25, 0.3) is 5.82 Å². The van der Waals surface area contributed by atoms with Crippen LogP contribution in [0.25, 0.3) is 0 Å². The molecule has 0 saturated carbocycles. The van der Waals surface area contributed by atoms with E-state index < -0.39 is 0 Å². The first-order valence-electron chi connectivity index (χ1n) is 10.4. The SMILES string of the molecule is CCCCCCCCCCc1n(CCCCC)cc[n+]1CCC. The highest BCUT2D eigenvalue weighted by molar-refractivity contribution is 4.84. The fraction of sp³-hybridized carbons (Fsp3) is 0.857.